The van der Waals surface area contributed by atoms with E-state index in [0.717, 1.165) is 53.2 Å². The van der Waals surface area contributed by atoms with Gasteiger partial charge in [-0.2, -0.15) is 0 Å². The summed E-state index contributed by atoms with van der Waals surface area (Å²) < 4.78 is 4.13. The van der Waals surface area contributed by atoms with E-state index in [2.05, 4.69) is 19.9 Å². The number of imidazole rings is 2. The van der Waals surface area contributed by atoms with Crippen molar-refractivity contribution in [2.75, 3.05) is 5.32 Å². The number of rotatable bonds is 4. The third-order valence-electron chi connectivity index (χ3n) is 5.03. The molecule has 0 saturated heterocycles. The number of amides is 1. The smallest absolute Gasteiger partial charge is 0.244 e. The molecule has 6 nitrogen and oxygen atoms in total. The lowest BCUT2D eigenvalue weighted by Crippen LogP contribution is -2.18. The Kier molecular flexibility index (Phi) is 3.74. The Balaban J connectivity index is 1.30. The Bertz CT molecular complexity index is 1120. The predicted octanol–water partition coefficient (Wildman–Crippen LogP) is 3.48. The van der Waals surface area contributed by atoms with Gasteiger partial charge >= 0.3 is 0 Å². The van der Waals surface area contributed by atoms with Crippen molar-refractivity contribution >= 4 is 22.6 Å². The van der Waals surface area contributed by atoms with Crippen molar-refractivity contribution in [3.63, 3.8) is 0 Å². The second kappa shape index (κ2) is 6.39. The molecule has 2 aromatic heterocycles. The highest BCUT2D eigenvalue weighted by atomic mass is 16.1. The van der Waals surface area contributed by atoms with Crippen LogP contribution in [0, 0.1) is 0 Å². The topological polar surface area (TPSA) is 64.7 Å². The highest BCUT2D eigenvalue weighted by molar-refractivity contribution is 5.91. The molecule has 134 valence electrons. The van der Waals surface area contributed by atoms with Crippen LogP contribution in [0.1, 0.15) is 12.2 Å². The van der Waals surface area contributed by atoms with Crippen molar-refractivity contribution in [2.45, 2.75) is 25.9 Å². The van der Waals surface area contributed by atoms with E-state index in [1.165, 1.54) is 0 Å². The molecule has 0 radical (unpaired) electrons. The molecule has 1 N–H and O–H groups in total. The number of nitrogens with one attached hydrogen (secondary N) is 1. The van der Waals surface area contributed by atoms with Crippen molar-refractivity contribution in [3.8, 4) is 11.3 Å². The van der Waals surface area contributed by atoms with E-state index in [0.29, 0.717) is 0 Å². The molecule has 0 bridgehead atoms. The summed E-state index contributed by atoms with van der Waals surface area (Å²) in [5.74, 6) is 1.09. The largest absolute Gasteiger partial charge is 0.328 e. The number of para-hydroxylation sites is 2. The average Bonchev–Trinajstić information content (AvgIpc) is 3.39. The number of carbonyl (C=O) groups is 1. The molecular weight excluding hydrogens is 338 g/mol. The summed E-state index contributed by atoms with van der Waals surface area (Å²) >= 11 is 0. The zero-order valence-corrected chi connectivity index (χ0v) is 14.8. The van der Waals surface area contributed by atoms with Crippen molar-refractivity contribution < 1.29 is 4.79 Å². The second-order valence-electron chi connectivity index (χ2n) is 6.80. The first-order chi connectivity index (χ1) is 13.3. The van der Waals surface area contributed by atoms with E-state index < -0.39 is 0 Å². The van der Waals surface area contributed by atoms with E-state index in [1.54, 1.807) is 6.33 Å². The fourth-order valence-corrected chi connectivity index (χ4v) is 3.70. The maximum Gasteiger partial charge on any atom is 0.244 e. The molecule has 27 heavy (non-hydrogen) atoms. The molecule has 0 saturated carbocycles. The Morgan fingerprint density at radius 1 is 1.07 bits per heavy atom. The second-order valence-corrected chi connectivity index (χ2v) is 6.80. The van der Waals surface area contributed by atoms with Gasteiger partial charge in [0, 0.05) is 18.7 Å². The first kappa shape index (κ1) is 15.8. The third-order valence-corrected chi connectivity index (χ3v) is 5.03. The van der Waals surface area contributed by atoms with Crippen LogP contribution in [0.5, 0.6) is 0 Å². The fourth-order valence-electron chi connectivity index (χ4n) is 3.70. The molecular formula is C21H19N5O. The molecule has 0 spiro atoms. The summed E-state index contributed by atoms with van der Waals surface area (Å²) in [6, 6.07) is 15.7. The number of hydrogen-bond acceptors (Lipinski definition) is 3. The maximum absolute atomic E-state index is 12.4. The Hall–Kier alpha value is -3.41. The van der Waals surface area contributed by atoms with Crippen LogP contribution >= 0.6 is 0 Å². The van der Waals surface area contributed by atoms with Gasteiger partial charge in [0.15, 0.2) is 0 Å². The highest BCUT2D eigenvalue weighted by Gasteiger charge is 2.16. The molecule has 6 heteroatoms. The van der Waals surface area contributed by atoms with Gasteiger partial charge in [0.05, 0.1) is 29.3 Å². The quantitative estimate of drug-likeness (QED) is 0.608. The van der Waals surface area contributed by atoms with Crippen molar-refractivity contribution in [1.82, 2.24) is 19.1 Å². The molecule has 4 aromatic rings. The van der Waals surface area contributed by atoms with Crippen molar-refractivity contribution in [1.29, 1.82) is 0 Å². The summed E-state index contributed by atoms with van der Waals surface area (Å²) in [4.78, 5) is 21.2. The minimum absolute atomic E-state index is 0.0730. The van der Waals surface area contributed by atoms with Crippen LogP contribution in [-0.4, -0.2) is 25.0 Å². The minimum atomic E-state index is -0.0730. The van der Waals surface area contributed by atoms with E-state index in [-0.39, 0.29) is 12.5 Å². The SMILES string of the molecule is O=C(Cn1cnc2ccccc21)Nc1ccc(-c2cnc3n2CCC3)cc1. The van der Waals surface area contributed by atoms with Gasteiger partial charge in [0.1, 0.15) is 12.4 Å². The lowest BCUT2D eigenvalue weighted by Gasteiger charge is -2.09. The van der Waals surface area contributed by atoms with Gasteiger partial charge in [-0.3, -0.25) is 4.79 Å². The van der Waals surface area contributed by atoms with E-state index in [1.807, 2.05) is 59.3 Å². The Labute approximate surface area is 156 Å². The van der Waals surface area contributed by atoms with E-state index >= 15 is 0 Å². The highest BCUT2D eigenvalue weighted by Crippen LogP contribution is 2.26. The van der Waals surface area contributed by atoms with Crippen LogP contribution < -0.4 is 5.32 Å². The summed E-state index contributed by atoms with van der Waals surface area (Å²) in [5, 5.41) is 2.96. The zero-order chi connectivity index (χ0) is 18.2. The van der Waals surface area contributed by atoms with Gasteiger partial charge in [-0.25, -0.2) is 9.97 Å². The standard InChI is InChI=1S/C21H19N5O/c27-21(13-25-14-23-17-4-1-2-5-18(17)25)24-16-9-7-15(8-10-16)19-12-22-20-6-3-11-26(19)20/h1-2,4-5,7-10,12,14H,3,6,11,13H2,(H,24,27). The molecule has 0 unspecified atom stereocenters. The maximum atomic E-state index is 12.4. The number of aryl methyl sites for hydroxylation is 1. The molecule has 1 amide bonds. The Morgan fingerprint density at radius 2 is 1.93 bits per heavy atom. The van der Waals surface area contributed by atoms with Gasteiger partial charge < -0.3 is 14.5 Å². The summed E-state index contributed by atoms with van der Waals surface area (Å²) in [7, 11) is 0. The van der Waals surface area contributed by atoms with Crippen LogP contribution in [0.4, 0.5) is 5.69 Å². The summed E-state index contributed by atoms with van der Waals surface area (Å²) in [6.07, 6.45) is 5.85. The fraction of sp³-hybridized carbons (Fsp3) is 0.190. The van der Waals surface area contributed by atoms with Gasteiger partial charge in [-0.05, 0) is 36.2 Å². The number of benzene rings is 2. The van der Waals surface area contributed by atoms with Crippen LogP contribution in [-0.2, 0) is 24.3 Å². The van der Waals surface area contributed by atoms with Gasteiger partial charge in [0.2, 0.25) is 5.91 Å². The van der Waals surface area contributed by atoms with Crippen LogP contribution in [0.25, 0.3) is 22.3 Å². The predicted molar refractivity (Wildman–Crippen MR) is 104 cm³/mol. The number of nitrogens with zero attached hydrogens (tertiary/aromatic N) is 4. The van der Waals surface area contributed by atoms with E-state index in [4.69, 9.17) is 0 Å². The van der Waals surface area contributed by atoms with Gasteiger partial charge in [0.25, 0.3) is 0 Å². The molecule has 2 aromatic carbocycles. The third kappa shape index (κ3) is 2.89. The van der Waals surface area contributed by atoms with Crippen LogP contribution in [0.3, 0.4) is 0 Å². The summed E-state index contributed by atoms with van der Waals surface area (Å²) in [5.41, 5.74) is 4.90. The van der Waals surface area contributed by atoms with Crippen molar-refractivity contribution in [2.24, 2.45) is 0 Å². The van der Waals surface area contributed by atoms with Crippen LogP contribution in [0.2, 0.25) is 0 Å². The first-order valence-electron chi connectivity index (χ1n) is 9.12. The Morgan fingerprint density at radius 3 is 2.81 bits per heavy atom. The zero-order valence-electron chi connectivity index (χ0n) is 14.8. The van der Waals surface area contributed by atoms with Gasteiger partial charge in [-0.15, -0.1) is 0 Å². The molecule has 1 aliphatic heterocycles. The van der Waals surface area contributed by atoms with Crippen LogP contribution in [0.15, 0.2) is 61.1 Å². The number of anilines is 1. The molecule has 0 fully saturated rings. The number of aromatic nitrogens is 4. The average molecular weight is 357 g/mol. The summed E-state index contributed by atoms with van der Waals surface area (Å²) in [6.45, 7) is 1.26. The van der Waals surface area contributed by atoms with E-state index in [9.17, 15) is 4.79 Å². The molecule has 1 aliphatic rings. The number of fused-ring (bicyclic) bond motifs is 2. The first-order valence-corrected chi connectivity index (χ1v) is 9.12. The molecule has 5 rings (SSSR count). The molecule has 3 heterocycles. The number of carbonyl (C=O) groups excluding carboxylic acids is 1. The lowest BCUT2D eigenvalue weighted by molar-refractivity contribution is -0.116. The normalized spacial score (nSPS) is 13.0. The minimum Gasteiger partial charge on any atom is -0.328 e. The molecule has 0 atom stereocenters. The monoisotopic (exact) mass is 357 g/mol. The molecule has 0 aliphatic carbocycles. The number of hydrogen-bond donors (Lipinski definition) is 1. The van der Waals surface area contributed by atoms with Crippen molar-refractivity contribution in [3.05, 3.63) is 66.9 Å². The lowest BCUT2D eigenvalue weighted by atomic mass is 10.1. The van der Waals surface area contributed by atoms with Gasteiger partial charge in [-0.1, -0.05) is 24.3 Å².